The summed E-state index contributed by atoms with van der Waals surface area (Å²) in [5, 5.41) is 0.142. The standard InChI is InChI=1S/C7H4ClF3INO/c8-5-2-1-4(3-13-5)6(14-12)7(9,10)11/h1-3,6H/t6-/m1/s1. The molecule has 1 rings (SSSR count). The molecule has 0 spiro atoms. The van der Waals surface area contributed by atoms with Gasteiger partial charge in [-0.2, -0.15) is 13.2 Å². The largest absolute Gasteiger partial charge is 0.419 e. The number of alkyl halides is 3. The summed E-state index contributed by atoms with van der Waals surface area (Å²) in [5.41, 5.74) is -0.0729. The third-order valence-electron chi connectivity index (χ3n) is 1.44. The van der Waals surface area contributed by atoms with Crippen LogP contribution < -0.4 is 0 Å². The van der Waals surface area contributed by atoms with Crippen LogP contribution in [0.15, 0.2) is 18.3 Å². The molecule has 14 heavy (non-hydrogen) atoms. The van der Waals surface area contributed by atoms with E-state index in [1.807, 2.05) is 0 Å². The van der Waals surface area contributed by atoms with Crippen LogP contribution in [0.4, 0.5) is 13.2 Å². The Morgan fingerprint density at radius 2 is 2.07 bits per heavy atom. The summed E-state index contributed by atoms with van der Waals surface area (Å²) in [5.74, 6) is 0. The summed E-state index contributed by atoms with van der Waals surface area (Å²) in [6, 6.07) is 2.51. The molecule has 0 saturated carbocycles. The second kappa shape index (κ2) is 4.63. The van der Waals surface area contributed by atoms with E-state index in [1.165, 1.54) is 35.1 Å². The van der Waals surface area contributed by atoms with Crippen molar-refractivity contribution < 1.29 is 16.2 Å². The van der Waals surface area contributed by atoms with Crippen LogP contribution in [0.3, 0.4) is 0 Å². The maximum absolute atomic E-state index is 12.3. The first-order valence-electron chi connectivity index (χ1n) is 3.40. The number of aromatic nitrogens is 1. The molecule has 0 N–H and O–H groups in total. The van der Waals surface area contributed by atoms with Crippen molar-refractivity contribution in [1.82, 2.24) is 4.98 Å². The zero-order valence-electron chi connectivity index (χ0n) is 6.55. The lowest BCUT2D eigenvalue weighted by molar-refractivity contribution is -0.189. The highest BCUT2D eigenvalue weighted by atomic mass is 127. The van der Waals surface area contributed by atoms with Crippen molar-refractivity contribution in [3.63, 3.8) is 0 Å². The Morgan fingerprint density at radius 1 is 1.43 bits per heavy atom. The monoisotopic (exact) mass is 337 g/mol. The number of halogens is 5. The van der Waals surface area contributed by atoms with Crippen molar-refractivity contribution in [2.24, 2.45) is 0 Å². The number of pyridine rings is 1. The maximum Gasteiger partial charge on any atom is 0.419 e. The molecule has 1 aromatic heterocycles. The van der Waals surface area contributed by atoms with Gasteiger partial charge in [-0.1, -0.05) is 17.7 Å². The van der Waals surface area contributed by atoms with E-state index in [1.54, 1.807) is 0 Å². The van der Waals surface area contributed by atoms with E-state index < -0.39 is 12.3 Å². The highest BCUT2D eigenvalue weighted by Crippen LogP contribution is 2.37. The Morgan fingerprint density at radius 3 is 2.43 bits per heavy atom. The van der Waals surface area contributed by atoms with Gasteiger partial charge < -0.3 is 0 Å². The minimum Gasteiger partial charge on any atom is -0.298 e. The van der Waals surface area contributed by atoms with Crippen LogP contribution in [0.2, 0.25) is 5.15 Å². The fourth-order valence-electron chi connectivity index (χ4n) is 0.833. The Balaban J connectivity index is 2.96. The van der Waals surface area contributed by atoms with Gasteiger partial charge in [0.25, 0.3) is 0 Å². The smallest absolute Gasteiger partial charge is 0.298 e. The zero-order chi connectivity index (χ0) is 10.8. The molecule has 0 fully saturated rings. The number of nitrogens with zero attached hydrogens (tertiary/aromatic N) is 1. The van der Waals surface area contributed by atoms with Crippen molar-refractivity contribution in [2.75, 3.05) is 0 Å². The lowest BCUT2D eigenvalue weighted by atomic mass is 10.1. The topological polar surface area (TPSA) is 22.1 Å². The molecule has 0 aliphatic carbocycles. The fourth-order valence-corrected chi connectivity index (χ4v) is 1.53. The summed E-state index contributed by atoms with van der Waals surface area (Å²) in [4.78, 5) is 3.54. The van der Waals surface area contributed by atoms with Crippen LogP contribution in [-0.4, -0.2) is 11.2 Å². The van der Waals surface area contributed by atoms with Crippen molar-refractivity contribution in [2.45, 2.75) is 12.3 Å². The molecule has 0 bridgehead atoms. The van der Waals surface area contributed by atoms with Gasteiger partial charge >= 0.3 is 6.18 Å². The Kier molecular flexibility index (Phi) is 3.96. The molecule has 0 unspecified atom stereocenters. The second-order valence-electron chi connectivity index (χ2n) is 2.42. The van der Waals surface area contributed by atoms with E-state index in [-0.39, 0.29) is 10.7 Å². The molecule has 1 atom stereocenters. The first kappa shape index (κ1) is 12.0. The molecule has 1 heterocycles. The second-order valence-corrected chi connectivity index (χ2v) is 3.32. The highest BCUT2D eigenvalue weighted by Gasteiger charge is 2.42. The molecule has 0 radical (unpaired) electrons. The van der Waals surface area contributed by atoms with Crippen LogP contribution >= 0.6 is 34.6 Å². The summed E-state index contributed by atoms with van der Waals surface area (Å²) in [7, 11) is 0. The van der Waals surface area contributed by atoms with E-state index in [4.69, 9.17) is 11.6 Å². The summed E-state index contributed by atoms with van der Waals surface area (Å²) < 4.78 is 41.3. The molecule has 0 aliphatic rings. The Bertz CT molecular complexity index is 303. The van der Waals surface area contributed by atoms with E-state index in [0.29, 0.717) is 0 Å². The van der Waals surface area contributed by atoms with Gasteiger partial charge in [-0.15, -0.1) is 0 Å². The number of hydrogen-bond donors (Lipinski definition) is 0. The third kappa shape index (κ3) is 2.96. The number of hydrogen-bond acceptors (Lipinski definition) is 2. The van der Waals surface area contributed by atoms with Crippen LogP contribution in [0.25, 0.3) is 0 Å². The summed E-state index contributed by atoms with van der Waals surface area (Å²) in [6.45, 7) is 0. The summed E-state index contributed by atoms with van der Waals surface area (Å²) in [6.07, 6.45) is -5.37. The van der Waals surface area contributed by atoms with Crippen molar-refractivity contribution in [3.05, 3.63) is 29.0 Å². The average Bonchev–Trinajstić information content (AvgIpc) is 2.07. The maximum atomic E-state index is 12.3. The van der Waals surface area contributed by atoms with Crippen LogP contribution in [0.5, 0.6) is 0 Å². The van der Waals surface area contributed by atoms with Gasteiger partial charge in [0.05, 0.1) is 0 Å². The zero-order valence-corrected chi connectivity index (χ0v) is 9.47. The van der Waals surface area contributed by atoms with Gasteiger partial charge in [0.1, 0.15) is 28.2 Å². The molecule has 0 amide bonds. The molecular weight excluding hydrogens is 333 g/mol. The number of rotatable bonds is 2. The van der Waals surface area contributed by atoms with Crippen LogP contribution in [-0.2, 0) is 3.07 Å². The lowest BCUT2D eigenvalue weighted by Crippen LogP contribution is -2.20. The highest BCUT2D eigenvalue weighted by molar-refractivity contribution is 14.1. The third-order valence-corrected chi connectivity index (χ3v) is 2.17. The first-order chi connectivity index (χ1) is 6.45. The Hall–Kier alpha value is -0.0800. The minimum atomic E-state index is -4.45. The van der Waals surface area contributed by atoms with Crippen molar-refractivity contribution in [3.8, 4) is 0 Å². The van der Waals surface area contributed by atoms with Gasteiger partial charge in [-0.05, 0) is 6.07 Å². The SMILES string of the molecule is FC(F)(F)[C@H](OI)c1ccc(Cl)nc1. The Labute approximate surface area is 97.1 Å². The normalized spacial score (nSPS) is 14.1. The molecule has 7 heteroatoms. The molecule has 1 aromatic rings. The van der Waals surface area contributed by atoms with E-state index in [0.717, 1.165) is 6.20 Å². The average molecular weight is 337 g/mol. The van der Waals surface area contributed by atoms with Gasteiger partial charge in [0, 0.05) is 11.8 Å². The minimum absolute atomic E-state index is 0.0729. The molecule has 0 aromatic carbocycles. The molecular formula is C7H4ClF3INO. The van der Waals surface area contributed by atoms with Crippen molar-refractivity contribution >= 4 is 34.6 Å². The first-order valence-corrected chi connectivity index (χ1v) is 4.66. The van der Waals surface area contributed by atoms with E-state index >= 15 is 0 Å². The quantitative estimate of drug-likeness (QED) is 0.606. The summed E-state index contributed by atoms with van der Waals surface area (Å²) >= 11 is 6.64. The van der Waals surface area contributed by atoms with Gasteiger partial charge in [-0.3, -0.25) is 3.07 Å². The molecule has 78 valence electrons. The van der Waals surface area contributed by atoms with Gasteiger partial charge in [0.15, 0.2) is 6.10 Å². The molecule has 2 nitrogen and oxygen atoms in total. The lowest BCUT2D eigenvalue weighted by Gasteiger charge is -2.16. The van der Waals surface area contributed by atoms with E-state index in [2.05, 4.69) is 8.05 Å². The van der Waals surface area contributed by atoms with Crippen LogP contribution in [0.1, 0.15) is 11.7 Å². The van der Waals surface area contributed by atoms with Crippen LogP contribution in [0, 0.1) is 0 Å². The van der Waals surface area contributed by atoms with Gasteiger partial charge in [0.2, 0.25) is 0 Å². The predicted octanol–water partition coefficient (Wildman–Crippen LogP) is 3.71. The predicted molar refractivity (Wildman–Crippen MR) is 53.1 cm³/mol. The fraction of sp³-hybridized carbons (Fsp3) is 0.286. The van der Waals surface area contributed by atoms with Gasteiger partial charge in [-0.25, -0.2) is 4.98 Å². The van der Waals surface area contributed by atoms with Crippen molar-refractivity contribution in [1.29, 1.82) is 0 Å². The van der Waals surface area contributed by atoms with E-state index in [9.17, 15) is 13.2 Å². The molecule has 0 aliphatic heterocycles. The molecule has 0 saturated heterocycles.